The normalized spacial score (nSPS) is 10.7. The van der Waals surface area contributed by atoms with E-state index in [1.165, 1.54) is 23.1 Å². The molecule has 4 heteroatoms. The van der Waals surface area contributed by atoms with Crippen LogP contribution in [0.4, 0.5) is 4.39 Å². The number of carbonyl (C=O) groups excluding carboxylic acids is 1. The van der Waals surface area contributed by atoms with Crippen molar-refractivity contribution in [2.24, 2.45) is 0 Å². The van der Waals surface area contributed by atoms with E-state index >= 15 is 0 Å². The molecular formula is C10H7FOS2. The third kappa shape index (κ3) is 1.44. The van der Waals surface area contributed by atoms with Gasteiger partial charge in [0.05, 0.1) is 4.88 Å². The first-order chi connectivity index (χ1) is 6.76. The van der Waals surface area contributed by atoms with Crippen molar-refractivity contribution in [3.05, 3.63) is 28.9 Å². The Hall–Kier alpha value is -0.870. The highest BCUT2D eigenvalue weighted by molar-refractivity contribution is 7.98. The van der Waals surface area contributed by atoms with Crippen LogP contribution in [0.15, 0.2) is 23.1 Å². The van der Waals surface area contributed by atoms with Gasteiger partial charge in [-0.3, -0.25) is 4.79 Å². The molecule has 0 aliphatic rings. The second-order valence-electron chi connectivity index (χ2n) is 2.76. The molecule has 2 rings (SSSR count). The molecule has 14 heavy (non-hydrogen) atoms. The minimum Gasteiger partial charge on any atom is -0.297 e. The Morgan fingerprint density at radius 3 is 2.93 bits per heavy atom. The first kappa shape index (κ1) is 9.68. The Morgan fingerprint density at radius 1 is 1.50 bits per heavy atom. The van der Waals surface area contributed by atoms with Crippen molar-refractivity contribution >= 4 is 39.5 Å². The van der Waals surface area contributed by atoms with Gasteiger partial charge in [-0.05, 0) is 24.5 Å². The van der Waals surface area contributed by atoms with Gasteiger partial charge in [0.2, 0.25) is 0 Å². The molecule has 0 bridgehead atoms. The average Bonchev–Trinajstić information content (AvgIpc) is 2.62. The SMILES string of the molecule is CSc1ccc2sc(C=O)cc2c1F. The van der Waals surface area contributed by atoms with Crippen LogP contribution in [0.3, 0.4) is 0 Å². The number of aldehydes is 1. The van der Waals surface area contributed by atoms with Gasteiger partial charge < -0.3 is 0 Å². The second-order valence-corrected chi connectivity index (χ2v) is 4.72. The molecule has 0 aliphatic heterocycles. The summed E-state index contributed by atoms with van der Waals surface area (Å²) >= 11 is 2.68. The van der Waals surface area contributed by atoms with E-state index in [0.717, 1.165) is 11.0 Å². The first-order valence-corrected chi connectivity index (χ1v) is 6.01. The Bertz CT molecular complexity index is 490. The minimum atomic E-state index is -0.223. The molecule has 72 valence electrons. The zero-order valence-corrected chi connectivity index (χ0v) is 9.05. The van der Waals surface area contributed by atoms with Gasteiger partial charge in [-0.2, -0.15) is 0 Å². The predicted molar refractivity (Wildman–Crippen MR) is 59.0 cm³/mol. The van der Waals surface area contributed by atoms with Crippen molar-refractivity contribution in [3.8, 4) is 0 Å². The smallest absolute Gasteiger partial charge is 0.160 e. The number of halogens is 1. The van der Waals surface area contributed by atoms with Crippen LogP contribution in [0.5, 0.6) is 0 Å². The van der Waals surface area contributed by atoms with Crippen LogP contribution in [0.1, 0.15) is 9.67 Å². The zero-order chi connectivity index (χ0) is 10.1. The van der Waals surface area contributed by atoms with Gasteiger partial charge >= 0.3 is 0 Å². The van der Waals surface area contributed by atoms with Crippen molar-refractivity contribution in [2.75, 3.05) is 6.26 Å². The van der Waals surface area contributed by atoms with Gasteiger partial charge in [-0.25, -0.2) is 4.39 Å². The summed E-state index contributed by atoms with van der Waals surface area (Å²) in [5.74, 6) is -0.223. The highest BCUT2D eigenvalue weighted by Gasteiger charge is 2.09. The summed E-state index contributed by atoms with van der Waals surface area (Å²) in [6, 6.07) is 5.19. The Labute approximate surface area is 88.9 Å². The minimum absolute atomic E-state index is 0.223. The van der Waals surface area contributed by atoms with E-state index in [1.807, 2.05) is 12.3 Å². The average molecular weight is 226 g/mol. The molecule has 0 unspecified atom stereocenters. The third-order valence-electron chi connectivity index (χ3n) is 1.95. The van der Waals surface area contributed by atoms with Crippen molar-refractivity contribution in [1.29, 1.82) is 0 Å². The third-order valence-corrected chi connectivity index (χ3v) is 3.74. The molecule has 1 aromatic carbocycles. The van der Waals surface area contributed by atoms with Gasteiger partial charge in [0, 0.05) is 15.0 Å². The molecule has 1 heterocycles. The maximum atomic E-state index is 13.7. The Morgan fingerprint density at radius 2 is 2.29 bits per heavy atom. The van der Waals surface area contributed by atoms with Crippen LogP contribution in [0.25, 0.3) is 10.1 Å². The van der Waals surface area contributed by atoms with Gasteiger partial charge in [0.15, 0.2) is 6.29 Å². The van der Waals surface area contributed by atoms with Crippen molar-refractivity contribution in [2.45, 2.75) is 4.90 Å². The van der Waals surface area contributed by atoms with E-state index in [9.17, 15) is 9.18 Å². The van der Waals surface area contributed by atoms with Crippen LogP contribution >= 0.6 is 23.1 Å². The van der Waals surface area contributed by atoms with E-state index in [-0.39, 0.29) is 5.82 Å². The fourth-order valence-corrected chi connectivity index (χ4v) is 2.66. The highest BCUT2D eigenvalue weighted by atomic mass is 32.2. The largest absolute Gasteiger partial charge is 0.297 e. The monoisotopic (exact) mass is 226 g/mol. The van der Waals surface area contributed by atoms with E-state index in [1.54, 1.807) is 12.1 Å². The topological polar surface area (TPSA) is 17.1 Å². The van der Waals surface area contributed by atoms with Crippen LogP contribution in [-0.2, 0) is 0 Å². The molecule has 0 N–H and O–H groups in total. The highest BCUT2D eigenvalue weighted by Crippen LogP contribution is 2.31. The molecule has 0 saturated heterocycles. The van der Waals surface area contributed by atoms with Crippen LogP contribution in [-0.4, -0.2) is 12.5 Å². The first-order valence-electron chi connectivity index (χ1n) is 3.97. The Kier molecular flexibility index (Phi) is 2.56. The molecule has 0 fully saturated rings. The number of thioether (sulfide) groups is 1. The summed E-state index contributed by atoms with van der Waals surface area (Å²) in [6.07, 6.45) is 2.58. The number of hydrogen-bond acceptors (Lipinski definition) is 3. The quantitative estimate of drug-likeness (QED) is 0.575. The van der Waals surface area contributed by atoms with Crippen molar-refractivity contribution in [3.63, 3.8) is 0 Å². The number of benzene rings is 1. The molecule has 0 amide bonds. The lowest BCUT2D eigenvalue weighted by Gasteiger charge is -1.98. The van der Waals surface area contributed by atoms with Gasteiger partial charge in [-0.1, -0.05) is 0 Å². The fraction of sp³-hybridized carbons (Fsp3) is 0.100. The van der Waals surface area contributed by atoms with E-state index < -0.39 is 0 Å². The lowest BCUT2D eigenvalue weighted by molar-refractivity contribution is 0.112. The van der Waals surface area contributed by atoms with Crippen LogP contribution in [0.2, 0.25) is 0 Å². The molecule has 0 radical (unpaired) electrons. The molecule has 0 aliphatic carbocycles. The molecule has 0 saturated carbocycles. The van der Waals surface area contributed by atoms with Gasteiger partial charge in [0.1, 0.15) is 5.82 Å². The van der Waals surface area contributed by atoms with E-state index in [4.69, 9.17) is 0 Å². The van der Waals surface area contributed by atoms with Crippen molar-refractivity contribution < 1.29 is 9.18 Å². The summed E-state index contributed by atoms with van der Waals surface area (Å²) in [4.78, 5) is 11.7. The van der Waals surface area contributed by atoms with E-state index in [0.29, 0.717) is 15.2 Å². The molecule has 0 atom stereocenters. The fourth-order valence-electron chi connectivity index (χ4n) is 1.29. The summed E-state index contributed by atoms with van der Waals surface area (Å²) in [7, 11) is 0. The van der Waals surface area contributed by atoms with E-state index in [2.05, 4.69) is 0 Å². The maximum absolute atomic E-state index is 13.7. The number of rotatable bonds is 2. The lowest BCUT2D eigenvalue weighted by Crippen LogP contribution is -1.79. The summed E-state index contributed by atoms with van der Waals surface area (Å²) in [5.41, 5.74) is 0. The van der Waals surface area contributed by atoms with Crippen molar-refractivity contribution in [1.82, 2.24) is 0 Å². The molecule has 0 spiro atoms. The summed E-state index contributed by atoms with van der Waals surface area (Å²) in [5, 5.41) is 0.545. The lowest BCUT2D eigenvalue weighted by atomic mass is 10.2. The number of thiophene rings is 1. The molecule has 1 nitrogen and oxygen atoms in total. The van der Waals surface area contributed by atoms with Gasteiger partial charge in [0.25, 0.3) is 0 Å². The van der Waals surface area contributed by atoms with Gasteiger partial charge in [-0.15, -0.1) is 23.1 Å². The Balaban J connectivity index is 2.74. The number of hydrogen-bond donors (Lipinski definition) is 0. The second kappa shape index (κ2) is 3.71. The number of fused-ring (bicyclic) bond motifs is 1. The zero-order valence-electron chi connectivity index (χ0n) is 7.41. The molecule has 1 aromatic heterocycles. The van der Waals surface area contributed by atoms with Crippen LogP contribution < -0.4 is 0 Å². The predicted octanol–water partition coefficient (Wildman–Crippen LogP) is 3.57. The maximum Gasteiger partial charge on any atom is 0.160 e. The summed E-state index contributed by atoms with van der Waals surface area (Å²) < 4.78 is 14.5. The molecule has 2 aromatic rings. The summed E-state index contributed by atoms with van der Waals surface area (Å²) in [6.45, 7) is 0. The number of carbonyl (C=O) groups is 1. The standard InChI is InChI=1S/C10H7FOS2/c1-13-9-3-2-8-7(10(9)11)4-6(5-12)14-8/h2-5H,1H3. The van der Waals surface area contributed by atoms with Crippen LogP contribution in [0, 0.1) is 5.82 Å². The molecular weight excluding hydrogens is 219 g/mol.